The smallest absolute Gasteiger partial charge is 0.390 e. The van der Waals surface area contributed by atoms with Crippen LogP contribution in [-0.2, 0) is 0 Å². The van der Waals surface area contributed by atoms with Crippen molar-refractivity contribution in [3.05, 3.63) is 53.7 Å². The van der Waals surface area contributed by atoms with Crippen LogP contribution >= 0.6 is 0 Å². The molecule has 1 saturated heterocycles. The lowest BCUT2D eigenvalue weighted by atomic mass is 9.52. The van der Waals surface area contributed by atoms with Crippen molar-refractivity contribution >= 4 is 17.4 Å². The van der Waals surface area contributed by atoms with Gasteiger partial charge in [-0.2, -0.15) is 13.2 Å². The van der Waals surface area contributed by atoms with Gasteiger partial charge < -0.3 is 25.3 Å². The molecule has 39 heavy (non-hydrogen) atoms. The van der Waals surface area contributed by atoms with Gasteiger partial charge in [-0.1, -0.05) is 18.2 Å². The first-order valence-corrected chi connectivity index (χ1v) is 13.9. The van der Waals surface area contributed by atoms with E-state index in [-0.39, 0.29) is 23.6 Å². The second-order valence-electron chi connectivity index (χ2n) is 12.1. The summed E-state index contributed by atoms with van der Waals surface area (Å²) >= 11 is 0. The van der Waals surface area contributed by atoms with Crippen molar-refractivity contribution in [2.75, 3.05) is 29.4 Å². The molecule has 0 spiro atoms. The zero-order valence-corrected chi connectivity index (χ0v) is 21.9. The van der Waals surface area contributed by atoms with Crippen LogP contribution in [0.4, 0.5) is 24.7 Å². The Kier molecular flexibility index (Phi) is 6.53. The van der Waals surface area contributed by atoms with Crippen LogP contribution in [0.15, 0.2) is 42.5 Å². The highest BCUT2D eigenvalue weighted by Crippen LogP contribution is 2.55. The number of aliphatic hydroxyl groups is 2. The largest absolute Gasteiger partial charge is 0.418 e. The first-order valence-electron chi connectivity index (χ1n) is 13.9. The van der Waals surface area contributed by atoms with E-state index < -0.39 is 17.9 Å². The minimum atomic E-state index is -4.70. The molecule has 10 heteroatoms. The van der Waals surface area contributed by atoms with Crippen LogP contribution in [-0.4, -0.2) is 64.6 Å². The minimum Gasteiger partial charge on any atom is -0.390 e. The second-order valence-corrected chi connectivity index (χ2v) is 12.1. The molecule has 3 unspecified atom stereocenters. The molecule has 1 aliphatic heterocycles. The molecule has 4 saturated carbocycles. The van der Waals surface area contributed by atoms with Gasteiger partial charge >= 0.3 is 6.18 Å². The number of nitrogens with zero attached hydrogens (tertiary/aromatic N) is 3. The first kappa shape index (κ1) is 26.4. The molecule has 5 aliphatic rings. The number of hydrogen-bond donors (Lipinski definition) is 3. The Morgan fingerprint density at radius 2 is 1.77 bits per heavy atom. The molecule has 1 aromatic heterocycles. The molecular formula is C29H35F3N4O3. The molecule has 5 fully saturated rings. The lowest BCUT2D eigenvalue weighted by Crippen LogP contribution is -2.61. The van der Waals surface area contributed by atoms with Gasteiger partial charge in [-0.05, 0) is 86.6 Å². The lowest BCUT2D eigenvalue weighted by molar-refractivity contribution is -0.206. The van der Waals surface area contributed by atoms with Gasteiger partial charge in [0.15, 0.2) is 6.10 Å². The van der Waals surface area contributed by atoms with E-state index >= 15 is 0 Å². The van der Waals surface area contributed by atoms with Crippen LogP contribution in [0.3, 0.4) is 0 Å². The number of amides is 1. The standard InChI is InChI=1S/C29H35F3N4O3/c1-17-16-35(22-7-5-19(6-8-22)26(37)29(30,31)32)9-10-36(17)24-4-2-3-23(33-24)27(38)34-25-20-11-18-12-21(25)15-28(39,13-18)14-20/h2-8,17-18,20-21,25-26,37,39H,9-16H2,1H3,(H,34,38)/t17-,18?,20?,21?,25-,26?,28-/m1/s1. The second kappa shape index (κ2) is 9.66. The van der Waals surface area contributed by atoms with E-state index in [0.717, 1.165) is 43.6 Å². The summed E-state index contributed by atoms with van der Waals surface area (Å²) in [6.45, 7) is 3.97. The topological polar surface area (TPSA) is 88.9 Å². The maximum Gasteiger partial charge on any atom is 0.418 e. The molecule has 210 valence electrons. The number of rotatable bonds is 5. The van der Waals surface area contributed by atoms with E-state index in [9.17, 15) is 28.2 Å². The fourth-order valence-electron chi connectivity index (χ4n) is 7.74. The van der Waals surface area contributed by atoms with E-state index in [2.05, 4.69) is 22.0 Å². The Bertz CT molecular complexity index is 1210. The monoisotopic (exact) mass is 544 g/mol. The zero-order chi connectivity index (χ0) is 27.5. The summed E-state index contributed by atoms with van der Waals surface area (Å²) in [5, 5.41) is 23.6. The maximum absolute atomic E-state index is 13.3. The molecule has 3 N–H and O–H groups in total. The van der Waals surface area contributed by atoms with E-state index in [1.54, 1.807) is 18.2 Å². The van der Waals surface area contributed by atoms with Crippen LogP contribution < -0.4 is 15.1 Å². The van der Waals surface area contributed by atoms with E-state index in [4.69, 9.17) is 4.98 Å². The Hall–Kier alpha value is -2.85. The highest BCUT2D eigenvalue weighted by atomic mass is 19.4. The third kappa shape index (κ3) is 5.09. The van der Waals surface area contributed by atoms with Crippen LogP contribution in [0.5, 0.6) is 0 Å². The number of piperazine rings is 1. The number of pyridine rings is 1. The summed E-state index contributed by atoms with van der Waals surface area (Å²) in [6.07, 6.45) is -2.60. The highest BCUT2D eigenvalue weighted by molar-refractivity contribution is 5.93. The fraction of sp³-hybridized carbons (Fsp3) is 0.586. The number of carbonyl (C=O) groups is 1. The number of benzene rings is 1. The average molecular weight is 545 g/mol. The van der Waals surface area contributed by atoms with Crippen molar-refractivity contribution < 1.29 is 28.2 Å². The summed E-state index contributed by atoms with van der Waals surface area (Å²) in [4.78, 5) is 22.2. The lowest BCUT2D eigenvalue weighted by Gasteiger charge is -2.58. The van der Waals surface area contributed by atoms with Gasteiger partial charge in [-0.15, -0.1) is 0 Å². The SMILES string of the molecule is C[C@@H]1CN(c2ccc(C(O)C(F)(F)F)cc2)CCN1c1cccc(C(=O)N[C@H]2C3CC4CC2C[C@](O)(C4)C3)n1. The molecule has 2 aromatic rings. The maximum atomic E-state index is 13.3. The Balaban J connectivity index is 1.09. The normalized spacial score (nSPS) is 32.8. The summed E-state index contributed by atoms with van der Waals surface area (Å²) in [6, 6.07) is 11.5. The minimum absolute atomic E-state index is 0.0511. The van der Waals surface area contributed by atoms with E-state index in [1.165, 1.54) is 12.1 Å². The van der Waals surface area contributed by atoms with Gasteiger partial charge in [-0.3, -0.25) is 4.79 Å². The van der Waals surface area contributed by atoms with Gasteiger partial charge in [0.05, 0.1) is 5.60 Å². The number of aliphatic hydroxyl groups excluding tert-OH is 1. The number of hydrogen-bond acceptors (Lipinski definition) is 6. The van der Waals surface area contributed by atoms with Crippen molar-refractivity contribution in [2.45, 2.75) is 69.0 Å². The van der Waals surface area contributed by atoms with Crippen molar-refractivity contribution in [2.24, 2.45) is 17.8 Å². The van der Waals surface area contributed by atoms with Crippen molar-refractivity contribution in [3.8, 4) is 0 Å². The number of carbonyl (C=O) groups excluding carboxylic acids is 1. The molecular weight excluding hydrogens is 509 g/mol. The number of alkyl halides is 3. The predicted molar refractivity (Wildman–Crippen MR) is 140 cm³/mol. The molecule has 0 radical (unpaired) electrons. The Morgan fingerprint density at radius 1 is 1.08 bits per heavy atom. The molecule has 2 heterocycles. The Labute approximate surface area is 226 Å². The van der Waals surface area contributed by atoms with Crippen molar-refractivity contribution in [1.82, 2.24) is 10.3 Å². The molecule has 1 aromatic carbocycles. The predicted octanol–water partition coefficient (Wildman–Crippen LogP) is 4.06. The Morgan fingerprint density at radius 3 is 2.38 bits per heavy atom. The molecule has 4 atom stereocenters. The third-order valence-corrected chi connectivity index (χ3v) is 9.31. The molecule has 7 nitrogen and oxygen atoms in total. The first-order chi connectivity index (χ1) is 18.5. The number of halogens is 3. The number of aromatic nitrogens is 1. The van der Waals surface area contributed by atoms with E-state index in [1.807, 2.05) is 12.1 Å². The quantitative estimate of drug-likeness (QED) is 0.526. The van der Waals surface area contributed by atoms with Crippen molar-refractivity contribution in [3.63, 3.8) is 0 Å². The molecule has 7 rings (SSSR count). The highest BCUT2D eigenvalue weighted by Gasteiger charge is 2.55. The van der Waals surface area contributed by atoms with Gasteiger partial charge in [0.1, 0.15) is 11.5 Å². The third-order valence-electron chi connectivity index (χ3n) is 9.31. The molecule has 4 aliphatic carbocycles. The fourth-order valence-corrected chi connectivity index (χ4v) is 7.74. The zero-order valence-electron chi connectivity index (χ0n) is 21.9. The molecule has 1 amide bonds. The van der Waals surface area contributed by atoms with Gasteiger partial charge in [0.25, 0.3) is 5.91 Å². The number of anilines is 2. The van der Waals surface area contributed by atoms with Crippen LogP contribution in [0.1, 0.15) is 61.2 Å². The van der Waals surface area contributed by atoms with Gasteiger partial charge in [0, 0.05) is 37.4 Å². The van der Waals surface area contributed by atoms with Crippen molar-refractivity contribution in [1.29, 1.82) is 0 Å². The van der Waals surface area contributed by atoms with E-state index in [0.29, 0.717) is 43.1 Å². The van der Waals surface area contributed by atoms with Gasteiger partial charge in [0.2, 0.25) is 0 Å². The van der Waals surface area contributed by atoms with Crippen LogP contribution in [0, 0.1) is 17.8 Å². The summed E-state index contributed by atoms with van der Waals surface area (Å²) < 4.78 is 38.5. The summed E-state index contributed by atoms with van der Waals surface area (Å²) in [7, 11) is 0. The molecule has 4 bridgehead atoms. The number of nitrogens with one attached hydrogen (secondary N) is 1. The summed E-state index contributed by atoms with van der Waals surface area (Å²) in [5.74, 6) is 1.78. The summed E-state index contributed by atoms with van der Waals surface area (Å²) in [5.41, 5.74) is 0.455. The van der Waals surface area contributed by atoms with Crippen LogP contribution in [0.2, 0.25) is 0 Å². The van der Waals surface area contributed by atoms with Crippen LogP contribution in [0.25, 0.3) is 0 Å². The van der Waals surface area contributed by atoms with Gasteiger partial charge in [-0.25, -0.2) is 4.98 Å². The average Bonchev–Trinajstić information content (AvgIpc) is 2.89.